The van der Waals surface area contributed by atoms with Crippen LogP contribution in [0.2, 0.25) is 5.02 Å². The van der Waals surface area contributed by atoms with Crippen molar-refractivity contribution in [2.24, 2.45) is 7.05 Å². The number of benzene rings is 1. The van der Waals surface area contributed by atoms with Gasteiger partial charge in [0.05, 0.1) is 16.1 Å². The molecule has 0 bridgehead atoms. The maximum Gasteiger partial charge on any atom is 0.147 e. The van der Waals surface area contributed by atoms with Gasteiger partial charge in [-0.2, -0.15) is 0 Å². The number of fused-ring (bicyclic) bond motifs is 3. The molecule has 4 heteroatoms. The molecule has 0 spiro atoms. The van der Waals surface area contributed by atoms with Gasteiger partial charge in [-0.15, -0.1) is 0 Å². The molecule has 0 aliphatic heterocycles. The predicted molar refractivity (Wildman–Crippen MR) is 67.6 cm³/mol. The van der Waals surface area contributed by atoms with Gasteiger partial charge in [0.15, 0.2) is 0 Å². The summed E-state index contributed by atoms with van der Waals surface area (Å²) in [7, 11) is 1.95. The minimum atomic E-state index is 0.535. The van der Waals surface area contributed by atoms with Gasteiger partial charge in [0.25, 0.3) is 0 Å². The topological polar surface area (TPSA) is 43.8 Å². The summed E-state index contributed by atoms with van der Waals surface area (Å²) in [5.74, 6) is 0.535. The molecular formula is C12H10ClN3. The molecule has 2 aromatic heterocycles. The molecular weight excluding hydrogens is 222 g/mol. The number of rotatable bonds is 0. The first-order valence-electron chi connectivity index (χ1n) is 4.97. The first-order valence-corrected chi connectivity index (χ1v) is 5.35. The second-order valence-electron chi connectivity index (χ2n) is 3.79. The van der Waals surface area contributed by atoms with Gasteiger partial charge < -0.3 is 10.3 Å². The molecule has 0 amide bonds. The van der Waals surface area contributed by atoms with E-state index in [4.69, 9.17) is 17.3 Å². The van der Waals surface area contributed by atoms with Crippen molar-refractivity contribution in [3.8, 4) is 0 Å². The molecule has 2 heterocycles. The maximum absolute atomic E-state index is 6.20. The van der Waals surface area contributed by atoms with Crippen LogP contribution in [-0.2, 0) is 7.05 Å². The van der Waals surface area contributed by atoms with Crippen LogP contribution < -0.4 is 5.73 Å². The first kappa shape index (κ1) is 9.48. The zero-order valence-electron chi connectivity index (χ0n) is 8.74. The molecule has 0 atom stereocenters. The zero-order chi connectivity index (χ0) is 11.3. The number of nitrogens with zero attached hydrogens (tertiary/aromatic N) is 2. The van der Waals surface area contributed by atoms with Crippen LogP contribution in [0.3, 0.4) is 0 Å². The molecule has 0 aliphatic carbocycles. The van der Waals surface area contributed by atoms with Crippen LogP contribution in [0.25, 0.3) is 21.8 Å². The molecule has 3 nitrogen and oxygen atoms in total. The third-order valence-electron chi connectivity index (χ3n) is 2.90. The van der Waals surface area contributed by atoms with Crippen molar-refractivity contribution in [3.05, 3.63) is 35.5 Å². The summed E-state index contributed by atoms with van der Waals surface area (Å²) < 4.78 is 2.00. The SMILES string of the molecule is Cn1c2c(Cl)cccc2c2ccnc(N)c21. The van der Waals surface area contributed by atoms with Gasteiger partial charge in [0.2, 0.25) is 0 Å². The number of nitrogens with two attached hydrogens (primary N) is 1. The number of hydrogen-bond donors (Lipinski definition) is 1. The zero-order valence-corrected chi connectivity index (χ0v) is 9.49. The molecule has 0 fully saturated rings. The normalized spacial score (nSPS) is 11.4. The molecule has 0 radical (unpaired) electrons. The fourth-order valence-electron chi connectivity index (χ4n) is 2.23. The largest absolute Gasteiger partial charge is 0.382 e. The van der Waals surface area contributed by atoms with Crippen molar-refractivity contribution in [1.82, 2.24) is 9.55 Å². The molecule has 80 valence electrons. The highest BCUT2D eigenvalue weighted by Gasteiger charge is 2.12. The van der Waals surface area contributed by atoms with Gasteiger partial charge in [0, 0.05) is 24.0 Å². The summed E-state index contributed by atoms with van der Waals surface area (Å²) in [5, 5.41) is 2.93. The Balaban J connectivity index is 2.70. The number of pyridine rings is 1. The fraction of sp³-hybridized carbons (Fsp3) is 0.0833. The van der Waals surface area contributed by atoms with Crippen molar-refractivity contribution in [2.75, 3.05) is 5.73 Å². The second kappa shape index (κ2) is 3.12. The van der Waals surface area contributed by atoms with Crippen LogP contribution >= 0.6 is 11.6 Å². The van der Waals surface area contributed by atoms with Crippen LogP contribution in [0, 0.1) is 0 Å². The van der Waals surface area contributed by atoms with Gasteiger partial charge in [-0.1, -0.05) is 23.7 Å². The highest BCUT2D eigenvalue weighted by molar-refractivity contribution is 6.36. The van der Waals surface area contributed by atoms with Gasteiger partial charge in [0.1, 0.15) is 5.82 Å². The van der Waals surface area contributed by atoms with Crippen molar-refractivity contribution < 1.29 is 0 Å². The van der Waals surface area contributed by atoms with Gasteiger partial charge >= 0.3 is 0 Å². The number of halogens is 1. The minimum Gasteiger partial charge on any atom is -0.382 e. The Kier molecular flexibility index (Phi) is 1.85. The van der Waals surface area contributed by atoms with Gasteiger partial charge in [-0.25, -0.2) is 4.98 Å². The Morgan fingerprint density at radius 1 is 1.19 bits per heavy atom. The summed E-state index contributed by atoms with van der Waals surface area (Å²) in [6.07, 6.45) is 1.72. The Morgan fingerprint density at radius 3 is 2.75 bits per heavy atom. The first-order chi connectivity index (χ1) is 7.70. The second-order valence-corrected chi connectivity index (χ2v) is 4.19. The van der Waals surface area contributed by atoms with E-state index < -0.39 is 0 Å². The molecule has 0 aliphatic rings. The average molecular weight is 232 g/mol. The summed E-state index contributed by atoms with van der Waals surface area (Å²) >= 11 is 6.20. The molecule has 3 rings (SSSR count). The summed E-state index contributed by atoms with van der Waals surface area (Å²) in [6.45, 7) is 0. The molecule has 0 unspecified atom stereocenters. The average Bonchev–Trinajstić information content (AvgIpc) is 2.56. The number of hydrogen-bond acceptors (Lipinski definition) is 2. The smallest absolute Gasteiger partial charge is 0.147 e. The molecule has 1 aromatic carbocycles. The molecule has 2 N–H and O–H groups in total. The Labute approximate surface area is 97.4 Å². The summed E-state index contributed by atoms with van der Waals surface area (Å²) in [4.78, 5) is 4.11. The van der Waals surface area contributed by atoms with Crippen molar-refractivity contribution >= 4 is 39.2 Å². The third-order valence-corrected chi connectivity index (χ3v) is 3.21. The van der Waals surface area contributed by atoms with E-state index in [2.05, 4.69) is 4.98 Å². The van der Waals surface area contributed by atoms with Crippen LogP contribution in [0.1, 0.15) is 0 Å². The lowest BCUT2D eigenvalue weighted by Gasteiger charge is -2.00. The number of nitrogen functional groups attached to an aromatic ring is 1. The highest BCUT2D eigenvalue weighted by Crippen LogP contribution is 2.33. The van der Waals surface area contributed by atoms with Crippen LogP contribution in [-0.4, -0.2) is 9.55 Å². The highest BCUT2D eigenvalue weighted by atomic mass is 35.5. The predicted octanol–water partition coefficient (Wildman–Crippen LogP) is 2.96. The van der Waals surface area contributed by atoms with E-state index in [1.165, 1.54) is 0 Å². The van der Waals surface area contributed by atoms with Crippen molar-refractivity contribution in [3.63, 3.8) is 0 Å². The van der Waals surface area contributed by atoms with E-state index >= 15 is 0 Å². The van der Waals surface area contributed by atoms with Crippen molar-refractivity contribution in [2.45, 2.75) is 0 Å². The van der Waals surface area contributed by atoms with E-state index in [-0.39, 0.29) is 0 Å². The standard InChI is InChI=1S/C12H10ClN3/c1-16-10-7(3-2-4-9(10)13)8-5-6-15-12(14)11(8)16/h2-6H,1H3,(H2,14,15). The van der Waals surface area contributed by atoms with Gasteiger partial charge in [-0.05, 0) is 12.1 Å². The van der Waals surface area contributed by atoms with E-state index in [0.717, 1.165) is 26.8 Å². The van der Waals surface area contributed by atoms with Crippen LogP contribution in [0.5, 0.6) is 0 Å². The Morgan fingerprint density at radius 2 is 1.94 bits per heavy atom. The lowest BCUT2D eigenvalue weighted by Crippen LogP contribution is -1.95. The number of aryl methyl sites for hydroxylation is 1. The van der Waals surface area contributed by atoms with E-state index in [9.17, 15) is 0 Å². The lowest BCUT2D eigenvalue weighted by molar-refractivity contribution is 1.01. The maximum atomic E-state index is 6.20. The van der Waals surface area contributed by atoms with Gasteiger partial charge in [-0.3, -0.25) is 0 Å². The Bertz CT molecular complexity index is 641. The van der Waals surface area contributed by atoms with E-state index in [1.807, 2.05) is 35.9 Å². The monoisotopic (exact) mass is 231 g/mol. The van der Waals surface area contributed by atoms with Crippen molar-refractivity contribution in [1.29, 1.82) is 0 Å². The fourth-order valence-corrected chi connectivity index (χ4v) is 2.53. The lowest BCUT2D eigenvalue weighted by atomic mass is 10.2. The van der Waals surface area contributed by atoms with E-state index in [0.29, 0.717) is 5.82 Å². The molecule has 16 heavy (non-hydrogen) atoms. The number of anilines is 1. The quantitative estimate of drug-likeness (QED) is 0.647. The minimum absolute atomic E-state index is 0.535. The molecule has 0 saturated heterocycles. The molecule has 0 saturated carbocycles. The third kappa shape index (κ3) is 1.06. The van der Waals surface area contributed by atoms with Crippen LogP contribution in [0.4, 0.5) is 5.82 Å². The molecule has 3 aromatic rings. The summed E-state index contributed by atoms with van der Waals surface area (Å²) in [6, 6.07) is 7.83. The number of para-hydroxylation sites is 1. The summed E-state index contributed by atoms with van der Waals surface area (Å²) in [5.41, 5.74) is 7.83. The number of aromatic nitrogens is 2. The van der Waals surface area contributed by atoms with E-state index in [1.54, 1.807) is 6.20 Å². The Hall–Kier alpha value is -1.74. The van der Waals surface area contributed by atoms with Crippen LogP contribution in [0.15, 0.2) is 30.5 Å².